The zero-order valence-corrected chi connectivity index (χ0v) is 24.0. The van der Waals surface area contributed by atoms with E-state index in [0.717, 1.165) is 67.0 Å². The number of hydrogen-bond acceptors (Lipinski definition) is 8. The van der Waals surface area contributed by atoms with Gasteiger partial charge in [0.25, 0.3) is 6.01 Å². The molecular formula is C32H35ClN4O5. The predicted octanol–water partition coefficient (Wildman–Crippen LogP) is 3.57. The molecule has 0 saturated carbocycles. The molecule has 10 heteroatoms. The fourth-order valence-corrected chi connectivity index (χ4v) is 6.46. The van der Waals surface area contributed by atoms with Crippen LogP contribution in [0.1, 0.15) is 5.56 Å². The Bertz CT molecular complexity index is 1520. The summed E-state index contributed by atoms with van der Waals surface area (Å²) in [5.74, 6) is 0. The van der Waals surface area contributed by atoms with Crippen LogP contribution in [0, 0.1) is 0 Å². The van der Waals surface area contributed by atoms with Gasteiger partial charge in [-0.3, -0.25) is 9.80 Å². The van der Waals surface area contributed by atoms with E-state index in [-0.39, 0.29) is 31.5 Å². The number of piperazine rings is 1. The number of halogens is 1. The van der Waals surface area contributed by atoms with Crippen LogP contribution < -0.4 is 4.74 Å². The highest BCUT2D eigenvalue weighted by Gasteiger charge is 2.48. The quantitative estimate of drug-likeness (QED) is 0.286. The van der Waals surface area contributed by atoms with E-state index < -0.39 is 6.10 Å². The SMILES string of the molecule is OCCN1CCN(Cc2ccc(-c3ccc(-c4cc5nc(O[C@@H]6CO[C@H]7[C@@H]6OC[C@H]7O)[nH]c5cc4Cl)cc3)cc2)CC1. The third kappa shape index (κ3) is 5.66. The standard InChI is InChI=1S/C32H35ClN4O5/c33-25-16-27-26(34-32(35-27)42-29-19-41-30-28(39)18-40-31(29)30)15-24(25)23-7-5-22(6-8-23)21-3-1-20(2-4-21)17-37-11-9-36(10-12-37)13-14-38/h1-8,15-16,28-31,38-39H,9-14,17-19H2,(H,34,35)/t28-,29-,30-,31-/m1/s1. The van der Waals surface area contributed by atoms with Crippen molar-refractivity contribution in [3.8, 4) is 28.3 Å². The summed E-state index contributed by atoms with van der Waals surface area (Å²) >= 11 is 6.71. The van der Waals surface area contributed by atoms with Crippen LogP contribution in [0.5, 0.6) is 6.01 Å². The van der Waals surface area contributed by atoms with Gasteiger partial charge < -0.3 is 29.4 Å². The van der Waals surface area contributed by atoms with Crippen molar-refractivity contribution in [2.75, 3.05) is 52.5 Å². The zero-order chi connectivity index (χ0) is 28.6. The zero-order valence-electron chi connectivity index (χ0n) is 23.3. The molecule has 9 nitrogen and oxygen atoms in total. The number of H-pyrrole nitrogens is 1. The summed E-state index contributed by atoms with van der Waals surface area (Å²) in [6.07, 6.45) is -1.62. The van der Waals surface area contributed by atoms with Crippen LogP contribution in [0.3, 0.4) is 0 Å². The molecule has 3 N–H and O–H groups in total. The highest BCUT2D eigenvalue weighted by molar-refractivity contribution is 6.34. The van der Waals surface area contributed by atoms with Crippen molar-refractivity contribution < 1.29 is 24.4 Å². The molecule has 3 aliphatic heterocycles. The second kappa shape index (κ2) is 11.9. The van der Waals surface area contributed by atoms with Gasteiger partial charge in [0.05, 0.1) is 35.9 Å². The van der Waals surface area contributed by atoms with Crippen molar-refractivity contribution >= 4 is 22.6 Å². The van der Waals surface area contributed by atoms with Crippen LogP contribution in [-0.2, 0) is 16.0 Å². The van der Waals surface area contributed by atoms with E-state index in [9.17, 15) is 5.11 Å². The second-order valence-corrected chi connectivity index (χ2v) is 11.7. The number of rotatable bonds is 8. The van der Waals surface area contributed by atoms with Crippen molar-refractivity contribution in [3.63, 3.8) is 0 Å². The van der Waals surface area contributed by atoms with Gasteiger partial charge in [-0.15, -0.1) is 0 Å². The van der Waals surface area contributed by atoms with Crippen LogP contribution in [0.25, 0.3) is 33.3 Å². The lowest BCUT2D eigenvalue weighted by Gasteiger charge is -2.34. The third-order valence-corrected chi connectivity index (χ3v) is 8.88. The number of aromatic nitrogens is 2. The molecule has 4 aromatic rings. The normalized spacial score (nSPS) is 24.8. The Labute approximate surface area is 249 Å². The van der Waals surface area contributed by atoms with E-state index in [1.165, 1.54) is 11.1 Å². The Kier molecular flexibility index (Phi) is 7.89. The Morgan fingerprint density at radius 2 is 1.55 bits per heavy atom. The molecule has 3 fully saturated rings. The minimum Gasteiger partial charge on any atom is -0.456 e. The van der Waals surface area contributed by atoms with Gasteiger partial charge in [0.15, 0.2) is 6.10 Å². The summed E-state index contributed by atoms with van der Waals surface area (Å²) in [7, 11) is 0. The van der Waals surface area contributed by atoms with Crippen molar-refractivity contribution in [2.24, 2.45) is 0 Å². The first-order chi connectivity index (χ1) is 20.5. The molecule has 0 unspecified atom stereocenters. The molecule has 1 aromatic heterocycles. The van der Waals surface area contributed by atoms with E-state index in [4.69, 9.17) is 30.9 Å². The number of hydrogen-bond donors (Lipinski definition) is 3. The molecular weight excluding hydrogens is 556 g/mol. The minimum atomic E-state index is -0.623. The lowest BCUT2D eigenvalue weighted by Crippen LogP contribution is -2.46. The third-order valence-electron chi connectivity index (χ3n) is 8.56. The van der Waals surface area contributed by atoms with Gasteiger partial charge in [-0.25, -0.2) is 0 Å². The molecule has 3 aromatic carbocycles. The molecule has 7 rings (SSSR count). The maximum absolute atomic E-state index is 9.98. The predicted molar refractivity (Wildman–Crippen MR) is 161 cm³/mol. The summed E-state index contributed by atoms with van der Waals surface area (Å²) in [6, 6.07) is 21.4. The van der Waals surface area contributed by atoms with Gasteiger partial charge in [0.2, 0.25) is 0 Å². The number of aliphatic hydroxyl groups is 2. The molecule has 220 valence electrons. The first-order valence-corrected chi connectivity index (χ1v) is 14.9. The van der Waals surface area contributed by atoms with E-state index >= 15 is 0 Å². The monoisotopic (exact) mass is 590 g/mol. The highest BCUT2D eigenvalue weighted by Crippen LogP contribution is 2.35. The van der Waals surface area contributed by atoms with E-state index in [2.05, 4.69) is 68.3 Å². The molecule has 4 heterocycles. The van der Waals surface area contributed by atoms with Crippen LogP contribution in [0.4, 0.5) is 0 Å². The Hall–Kier alpha value is -3.02. The molecule has 0 aliphatic carbocycles. The minimum absolute atomic E-state index is 0.229. The number of benzene rings is 3. The van der Waals surface area contributed by atoms with Crippen LogP contribution in [0.2, 0.25) is 5.02 Å². The number of imidazole rings is 1. The van der Waals surface area contributed by atoms with E-state index in [1.807, 2.05) is 12.1 Å². The molecule has 42 heavy (non-hydrogen) atoms. The Morgan fingerprint density at radius 1 is 0.881 bits per heavy atom. The number of aromatic amines is 1. The van der Waals surface area contributed by atoms with Gasteiger partial charge in [0.1, 0.15) is 18.3 Å². The van der Waals surface area contributed by atoms with Crippen LogP contribution in [0.15, 0.2) is 60.7 Å². The molecule has 4 atom stereocenters. The molecule has 0 radical (unpaired) electrons. The van der Waals surface area contributed by atoms with Crippen LogP contribution >= 0.6 is 11.6 Å². The lowest BCUT2D eigenvalue weighted by molar-refractivity contribution is 0.00706. The van der Waals surface area contributed by atoms with Gasteiger partial charge >= 0.3 is 0 Å². The Balaban J connectivity index is 1.01. The number of nitrogens with zero attached hydrogens (tertiary/aromatic N) is 3. The van der Waals surface area contributed by atoms with Gasteiger partial charge in [-0.2, -0.15) is 4.98 Å². The largest absolute Gasteiger partial charge is 0.456 e. The number of nitrogens with one attached hydrogen (secondary N) is 1. The number of ether oxygens (including phenoxy) is 3. The summed E-state index contributed by atoms with van der Waals surface area (Å²) in [5.41, 5.74) is 7.06. The number of aliphatic hydroxyl groups excluding tert-OH is 2. The average molecular weight is 591 g/mol. The summed E-state index contributed by atoms with van der Waals surface area (Å²) in [6.45, 7) is 6.61. The summed E-state index contributed by atoms with van der Waals surface area (Å²) in [5, 5.41) is 19.8. The van der Waals surface area contributed by atoms with Crippen molar-refractivity contribution in [2.45, 2.75) is 31.0 Å². The van der Waals surface area contributed by atoms with Crippen molar-refractivity contribution in [1.29, 1.82) is 0 Å². The topological polar surface area (TPSA) is 103 Å². The van der Waals surface area contributed by atoms with Gasteiger partial charge in [0, 0.05) is 44.8 Å². The molecule has 0 spiro atoms. The Morgan fingerprint density at radius 3 is 2.29 bits per heavy atom. The maximum atomic E-state index is 9.98. The van der Waals surface area contributed by atoms with Gasteiger partial charge in [-0.1, -0.05) is 60.1 Å². The maximum Gasteiger partial charge on any atom is 0.295 e. The smallest absolute Gasteiger partial charge is 0.295 e. The van der Waals surface area contributed by atoms with E-state index in [1.54, 1.807) is 0 Å². The van der Waals surface area contributed by atoms with E-state index in [0.29, 0.717) is 17.6 Å². The lowest BCUT2D eigenvalue weighted by atomic mass is 9.99. The number of β-amino-alcohol motifs (C(OH)–C–C–N with tert-alkyl or cyclic N) is 1. The fraction of sp³-hybridized carbons (Fsp3) is 0.406. The molecule has 0 bridgehead atoms. The van der Waals surface area contributed by atoms with Crippen LogP contribution in [-0.4, -0.2) is 107 Å². The summed E-state index contributed by atoms with van der Waals surface area (Å²) < 4.78 is 17.4. The average Bonchev–Trinajstić information content (AvgIpc) is 3.70. The molecule has 3 saturated heterocycles. The highest BCUT2D eigenvalue weighted by atomic mass is 35.5. The summed E-state index contributed by atoms with van der Waals surface area (Å²) in [4.78, 5) is 12.6. The van der Waals surface area contributed by atoms with Crippen molar-refractivity contribution in [1.82, 2.24) is 19.8 Å². The first-order valence-electron chi connectivity index (χ1n) is 14.6. The molecule has 0 amide bonds. The first kappa shape index (κ1) is 27.8. The second-order valence-electron chi connectivity index (χ2n) is 11.3. The number of fused-ring (bicyclic) bond motifs is 2. The fourth-order valence-electron chi connectivity index (χ4n) is 6.19. The molecule has 3 aliphatic rings. The van der Waals surface area contributed by atoms with Crippen molar-refractivity contribution in [3.05, 3.63) is 71.2 Å². The van der Waals surface area contributed by atoms with Gasteiger partial charge in [-0.05, 0) is 34.4 Å².